The number of nitrogens with one attached hydrogen (secondary N) is 1. The lowest BCUT2D eigenvalue weighted by molar-refractivity contribution is -0.122. The van der Waals surface area contributed by atoms with E-state index in [1.165, 1.54) is 6.08 Å². The van der Waals surface area contributed by atoms with Crippen LogP contribution in [0.5, 0.6) is 5.75 Å². The van der Waals surface area contributed by atoms with Gasteiger partial charge in [-0.2, -0.15) is 0 Å². The zero-order valence-corrected chi connectivity index (χ0v) is 19.2. The molecule has 1 aliphatic rings. The van der Waals surface area contributed by atoms with Crippen LogP contribution in [-0.2, 0) is 16.2 Å². The summed E-state index contributed by atoms with van der Waals surface area (Å²) < 4.78 is 6.06. The maximum absolute atomic E-state index is 13.2. The minimum Gasteiger partial charge on any atom is -0.488 e. The zero-order valence-electron chi connectivity index (χ0n) is 18.4. The monoisotopic (exact) mass is 482 g/mol. The van der Waals surface area contributed by atoms with Gasteiger partial charge in [-0.05, 0) is 52.9 Å². The minimum atomic E-state index is -0.811. The standard InChI is InChI=1S/C28H19ClN2O4/c29-20-11-13-21(14-12-20)31-27(33)24(26(32)30-28(31)34)16-19-10-15-25(23-9-5-4-8-22(19)23)35-17-18-6-2-1-3-7-18/h1-16H,17H2,(H,30,32,34)/b24-16+. The van der Waals surface area contributed by atoms with Crippen molar-refractivity contribution in [2.75, 3.05) is 4.90 Å². The van der Waals surface area contributed by atoms with Crippen LogP contribution in [0, 0.1) is 0 Å². The number of carbonyl (C=O) groups is 3. The second-order valence-corrected chi connectivity index (χ2v) is 8.34. The lowest BCUT2D eigenvalue weighted by Crippen LogP contribution is -2.54. The van der Waals surface area contributed by atoms with Crippen LogP contribution in [0.4, 0.5) is 10.5 Å². The molecular weight excluding hydrogens is 464 g/mol. The molecule has 0 bridgehead atoms. The number of fused-ring (bicyclic) bond motifs is 1. The summed E-state index contributed by atoms with van der Waals surface area (Å²) in [5.74, 6) is -0.780. The topological polar surface area (TPSA) is 75.7 Å². The second-order valence-electron chi connectivity index (χ2n) is 7.91. The first-order chi connectivity index (χ1) is 17.0. The maximum atomic E-state index is 13.2. The summed E-state index contributed by atoms with van der Waals surface area (Å²) in [4.78, 5) is 39.2. The molecule has 0 atom stereocenters. The molecule has 0 radical (unpaired) electrons. The highest BCUT2D eigenvalue weighted by molar-refractivity contribution is 6.39. The van der Waals surface area contributed by atoms with Gasteiger partial charge in [0.15, 0.2) is 0 Å². The number of anilines is 1. The number of halogens is 1. The number of amides is 4. The van der Waals surface area contributed by atoms with E-state index >= 15 is 0 Å². The van der Waals surface area contributed by atoms with E-state index in [-0.39, 0.29) is 5.57 Å². The Morgan fingerprint density at radius 1 is 0.800 bits per heavy atom. The van der Waals surface area contributed by atoms with Crippen molar-refractivity contribution < 1.29 is 19.1 Å². The Morgan fingerprint density at radius 2 is 1.49 bits per heavy atom. The highest BCUT2D eigenvalue weighted by Gasteiger charge is 2.36. The first-order valence-electron chi connectivity index (χ1n) is 10.9. The lowest BCUT2D eigenvalue weighted by Gasteiger charge is -2.26. The van der Waals surface area contributed by atoms with E-state index in [0.29, 0.717) is 28.6 Å². The highest BCUT2D eigenvalue weighted by Crippen LogP contribution is 2.31. The number of urea groups is 1. The lowest BCUT2D eigenvalue weighted by atomic mass is 10.00. The zero-order chi connectivity index (χ0) is 24.4. The van der Waals surface area contributed by atoms with E-state index < -0.39 is 17.8 Å². The van der Waals surface area contributed by atoms with E-state index in [2.05, 4.69) is 5.32 Å². The smallest absolute Gasteiger partial charge is 0.335 e. The number of rotatable bonds is 5. The van der Waals surface area contributed by atoms with Crippen LogP contribution < -0.4 is 15.0 Å². The van der Waals surface area contributed by atoms with E-state index in [4.69, 9.17) is 16.3 Å². The fraction of sp³-hybridized carbons (Fsp3) is 0.0357. The summed E-state index contributed by atoms with van der Waals surface area (Å²) in [5.41, 5.74) is 1.85. The van der Waals surface area contributed by atoms with Crippen LogP contribution in [0.25, 0.3) is 16.8 Å². The van der Waals surface area contributed by atoms with E-state index in [9.17, 15) is 14.4 Å². The van der Waals surface area contributed by atoms with Crippen LogP contribution >= 0.6 is 11.6 Å². The quantitative estimate of drug-likeness (QED) is 0.291. The summed E-state index contributed by atoms with van der Waals surface area (Å²) in [6.45, 7) is 0.407. The largest absolute Gasteiger partial charge is 0.488 e. The minimum absolute atomic E-state index is 0.150. The van der Waals surface area contributed by atoms with Crippen LogP contribution in [0.1, 0.15) is 11.1 Å². The van der Waals surface area contributed by atoms with Crippen LogP contribution in [0.3, 0.4) is 0 Å². The Labute approximate surface area is 206 Å². The van der Waals surface area contributed by atoms with Crippen molar-refractivity contribution in [3.63, 3.8) is 0 Å². The van der Waals surface area contributed by atoms with Crippen molar-refractivity contribution in [2.24, 2.45) is 0 Å². The SMILES string of the molecule is O=C1NC(=O)N(c2ccc(Cl)cc2)C(=O)/C1=C/c1ccc(OCc2ccccc2)c2ccccc12. The number of carbonyl (C=O) groups excluding carboxylic acids is 3. The number of hydrogen-bond acceptors (Lipinski definition) is 4. The van der Waals surface area contributed by atoms with Gasteiger partial charge in [-0.25, -0.2) is 9.69 Å². The molecule has 1 aliphatic heterocycles. The first-order valence-corrected chi connectivity index (χ1v) is 11.2. The molecule has 0 aliphatic carbocycles. The molecule has 35 heavy (non-hydrogen) atoms. The van der Waals surface area contributed by atoms with E-state index in [0.717, 1.165) is 21.2 Å². The van der Waals surface area contributed by atoms with Crippen molar-refractivity contribution in [1.82, 2.24) is 5.32 Å². The highest BCUT2D eigenvalue weighted by atomic mass is 35.5. The van der Waals surface area contributed by atoms with Crippen molar-refractivity contribution in [1.29, 1.82) is 0 Å². The number of imide groups is 2. The average Bonchev–Trinajstić information content (AvgIpc) is 2.87. The summed E-state index contributed by atoms with van der Waals surface area (Å²) in [5, 5.41) is 4.35. The van der Waals surface area contributed by atoms with Gasteiger partial charge in [0.1, 0.15) is 17.9 Å². The number of benzene rings is 4. The molecule has 0 saturated carbocycles. The molecule has 1 N–H and O–H groups in total. The van der Waals surface area contributed by atoms with Crippen LogP contribution in [0.2, 0.25) is 5.02 Å². The van der Waals surface area contributed by atoms with Crippen molar-refractivity contribution in [3.8, 4) is 5.75 Å². The summed E-state index contributed by atoms with van der Waals surface area (Å²) in [6.07, 6.45) is 1.50. The molecule has 5 rings (SSSR count). The Bertz CT molecular complexity index is 1480. The van der Waals surface area contributed by atoms with Gasteiger partial charge >= 0.3 is 6.03 Å². The Balaban J connectivity index is 1.51. The van der Waals surface area contributed by atoms with Crippen molar-refractivity contribution in [2.45, 2.75) is 6.61 Å². The molecular formula is C28H19ClN2O4. The van der Waals surface area contributed by atoms with E-state index in [1.807, 2.05) is 60.7 Å². The number of ether oxygens (including phenoxy) is 1. The third-order valence-corrected chi connectivity index (χ3v) is 5.89. The van der Waals surface area contributed by atoms with Gasteiger partial charge in [-0.3, -0.25) is 14.9 Å². The van der Waals surface area contributed by atoms with Gasteiger partial charge in [-0.1, -0.05) is 72.3 Å². The normalized spacial score (nSPS) is 14.9. The number of nitrogens with zero attached hydrogens (tertiary/aromatic N) is 1. The van der Waals surface area contributed by atoms with Gasteiger partial charge in [0, 0.05) is 10.4 Å². The fourth-order valence-electron chi connectivity index (χ4n) is 3.92. The Kier molecular flexibility index (Phi) is 6.04. The Hall–Kier alpha value is -4.42. The molecule has 172 valence electrons. The molecule has 4 amide bonds. The second kappa shape index (κ2) is 9.44. The van der Waals surface area contributed by atoms with Crippen LogP contribution in [-0.4, -0.2) is 17.8 Å². The molecule has 4 aromatic rings. The van der Waals surface area contributed by atoms with Gasteiger partial charge in [0.05, 0.1) is 5.69 Å². The maximum Gasteiger partial charge on any atom is 0.335 e. The average molecular weight is 483 g/mol. The molecule has 4 aromatic carbocycles. The number of hydrogen-bond donors (Lipinski definition) is 1. The fourth-order valence-corrected chi connectivity index (χ4v) is 4.05. The summed E-state index contributed by atoms with van der Waals surface area (Å²) in [6, 6.07) is 26.4. The molecule has 7 heteroatoms. The van der Waals surface area contributed by atoms with E-state index in [1.54, 1.807) is 30.3 Å². The van der Waals surface area contributed by atoms with Gasteiger partial charge < -0.3 is 4.74 Å². The molecule has 1 fully saturated rings. The van der Waals surface area contributed by atoms with Gasteiger partial charge in [0.2, 0.25) is 0 Å². The predicted molar refractivity (Wildman–Crippen MR) is 135 cm³/mol. The summed E-state index contributed by atoms with van der Waals surface area (Å²) in [7, 11) is 0. The first kappa shape index (κ1) is 22.4. The van der Waals surface area contributed by atoms with Crippen molar-refractivity contribution >= 4 is 52.0 Å². The molecule has 1 saturated heterocycles. The van der Waals surface area contributed by atoms with Crippen LogP contribution in [0.15, 0.2) is 96.6 Å². The number of barbiturate groups is 1. The van der Waals surface area contributed by atoms with Gasteiger partial charge in [0.25, 0.3) is 11.8 Å². The third-order valence-electron chi connectivity index (χ3n) is 5.64. The molecule has 1 heterocycles. The predicted octanol–water partition coefficient (Wildman–Crippen LogP) is 5.74. The molecule has 6 nitrogen and oxygen atoms in total. The molecule has 0 aromatic heterocycles. The Morgan fingerprint density at radius 3 is 2.23 bits per heavy atom. The molecule has 0 unspecified atom stereocenters. The summed E-state index contributed by atoms with van der Waals surface area (Å²) >= 11 is 5.93. The molecule has 0 spiro atoms. The van der Waals surface area contributed by atoms with Gasteiger partial charge in [-0.15, -0.1) is 0 Å². The van der Waals surface area contributed by atoms with Crippen molar-refractivity contribution in [3.05, 3.63) is 113 Å². The third kappa shape index (κ3) is 4.52.